The number of piperidine rings is 1. The molecule has 0 aromatic heterocycles. The molecule has 0 aromatic rings. The molecule has 1 aliphatic heterocycles. The van der Waals surface area contributed by atoms with Gasteiger partial charge in [-0.05, 0) is 18.8 Å². The maximum absolute atomic E-state index is 11.8. The van der Waals surface area contributed by atoms with Gasteiger partial charge >= 0.3 is 0 Å². The molecule has 5 heteroatoms. The minimum atomic E-state index is -3.14. The summed E-state index contributed by atoms with van der Waals surface area (Å²) in [6, 6.07) is 0. The van der Waals surface area contributed by atoms with Crippen molar-refractivity contribution in [2.75, 3.05) is 18.8 Å². The number of rotatable bonds is 3. The van der Waals surface area contributed by atoms with E-state index in [-0.39, 0.29) is 18.2 Å². The van der Waals surface area contributed by atoms with Crippen LogP contribution in [0.3, 0.4) is 0 Å². The van der Waals surface area contributed by atoms with E-state index < -0.39 is 16.1 Å². The molecule has 0 aliphatic carbocycles. The molecule has 14 heavy (non-hydrogen) atoms. The first-order valence-electron chi connectivity index (χ1n) is 5.07. The van der Waals surface area contributed by atoms with Gasteiger partial charge in [-0.2, -0.15) is 4.31 Å². The van der Waals surface area contributed by atoms with Crippen LogP contribution in [0.25, 0.3) is 0 Å². The Hall–Kier alpha value is -0.130. The van der Waals surface area contributed by atoms with Gasteiger partial charge in [-0.3, -0.25) is 0 Å². The minimum absolute atomic E-state index is 0.138. The quantitative estimate of drug-likeness (QED) is 0.752. The Bertz CT molecular complexity index is 274. The molecular weight excluding hydrogens is 202 g/mol. The van der Waals surface area contributed by atoms with E-state index in [4.69, 9.17) is 0 Å². The van der Waals surface area contributed by atoms with Crippen molar-refractivity contribution in [3.05, 3.63) is 0 Å². The normalized spacial score (nSPS) is 25.6. The summed E-state index contributed by atoms with van der Waals surface area (Å²) in [5.41, 5.74) is 0. The summed E-state index contributed by atoms with van der Waals surface area (Å²) in [5.74, 6) is 0.318. The minimum Gasteiger partial charge on any atom is -0.392 e. The van der Waals surface area contributed by atoms with Crippen molar-refractivity contribution in [3.63, 3.8) is 0 Å². The zero-order valence-electron chi connectivity index (χ0n) is 8.81. The van der Waals surface area contributed by atoms with Crippen molar-refractivity contribution in [3.8, 4) is 0 Å². The van der Waals surface area contributed by atoms with Crippen LogP contribution in [0.1, 0.15) is 26.7 Å². The van der Waals surface area contributed by atoms with Crippen LogP contribution in [0.4, 0.5) is 0 Å². The van der Waals surface area contributed by atoms with Crippen molar-refractivity contribution in [2.45, 2.75) is 32.8 Å². The maximum atomic E-state index is 11.8. The number of hydrogen-bond acceptors (Lipinski definition) is 3. The largest absolute Gasteiger partial charge is 0.392 e. The third-order valence-electron chi connectivity index (χ3n) is 2.30. The molecular formula is C9H19NO3S. The van der Waals surface area contributed by atoms with E-state index in [0.717, 1.165) is 6.42 Å². The van der Waals surface area contributed by atoms with E-state index >= 15 is 0 Å². The molecule has 0 aromatic carbocycles. The van der Waals surface area contributed by atoms with Crippen LogP contribution in [0.15, 0.2) is 0 Å². The van der Waals surface area contributed by atoms with E-state index in [9.17, 15) is 13.5 Å². The lowest BCUT2D eigenvalue weighted by atomic mass is 10.1. The molecule has 1 atom stereocenters. The lowest BCUT2D eigenvalue weighted by molar-refractivity contribution is 0.108. The van der Waals surface area contributed by atoms with Gasteiger partial charge in [-0.1, -0.05) is 13.8 Å². The van der Waals surface area contributed by atoms with Gasteiger partial charge in [0.2, 0.25) is 10.0 Å². The predicted molar refractivity (Wildman–Crippen MR) is 55.4 cm³/mol. The number of aliphatic hydroxyl groups excluding tert-OH is 1. The molecule has 1 N–H and O–H groups in total. The number of aliphatic hydroxyl groups is 1. The standard InChI is InChI=1S/C9H19NO3S/c1-8(2)7-14(12,13)10-5-3-4-9(11)6-10/h8-9,11H,3-7H2,1-2H3. The van der Waals surface area contributed by atoms with Gasteiger partial charge in [0, 0.05) is 13.1 Å². The molecule has 0 radical (unpaired) electrons. The number of β-amino-alcohol motifs (C(OH)–C–C–N with tert-alkyl or cyclic N) is 1. The Balaban J connectivity index is 2.62. The molecule has 0 bridgehead atoms. The van der Waals surface area contributed by atoms with Gasteiger partial charge in [0.05, 0.1) is 11.9 Å². The smallest absolute Gasteiger partial charge is 0.214 e. The monoisotopic (exact) mass is 221 g/mol. The van der Waals surface area contributed by atoms with Gasteiger partial charge in [-0.25, -0.2) is 8.42 Å². The summed E-state index contributed by atoms with van der Waals surface area (Å²) in [6.45, 7) is 4.61. The molecule has 1 fully saturated rings. The van der Waals surface area contributed by atoms with Crippen molar-refractivity contribution < 1.29 is 13.5 Å². The van der Waals surface area contributed by atoms with Gasteiger partial charge in [0.25, 0.3) is 0 Å². The average Bonchev–Trinajstić information content (AvgIpc) is 2.01. The van der Waals surface area contributed by atoms with Crippen LogP contribution in [-0.2, 0) is 10.0 Å². The fourth-order valence-corrected chi connectivity index (χ4v) is 3.56. The first kappa shape index (κ1) is 11.9. The molecule has 1 aliphatic rings. The van der Waals surface area contributed by atoms with E-state index in [1.165, 1.54) is 4.31 Å². The predicted octanol–water partition coefficient (Wildman–Crippen LogP) is 0.429. The van der Waals surface area contributed by atoms with Crippen LogP contribution in [0, 0.1) is 5.92 Å². The van der Waals surface area contributed by atoms with E-state index in [1.807, 2.05) is 13.8 Å². The summed E-state index contributed by atoms with van der Waals surface area (Å²) in [5, 5.41) is 9.37. The number of hydrogen-bond donors (Lipinski definition) is 1. The Morgan fingerprint density at radius 3 is 2.64 bits per heavy atom. The Morgan fingerprint density at radius 1 is 1.50 bits per heavy atom. The van der Waals surface area contributed by atoms with Crippen molar-refractivity contribution >= 4 is 10.0 Å². The van der Waals surface area contributed by atoms with E-state index in [1.54, 1.807) is 0 Å². The van der Waals surface area contributed by atoms with Crippen LogP contribution in [-0.4, -0.2) is 42.8 Å². The first-order valence-corrected chi connectivity index (χ1v) is 6.68. The van der Waals surface area contributed by atoms with Crippen molar-refractivity contribution in [1.29, 1.82) is 0 Å². The highest BCUT2D eigenvalue weighted by atomic mass is 32.2. The highest BCUT2D eigenvalue weighted by Gasteiger charge is 2.28. The van der Waals surface area contributed by atoms with E-state index in [0.29, 0.717) is 13.0 Å². The second kappa shape index (κ2) is 4.59. The lowest BCUT2D eigenvalue weighted by Crippen LogP contribution is -2.43. The summed E-state index contributed by atoms with van der Waals surface area (Å²) in [4.78, 5) is 0. The zero-order chi connectivity index (χ0) is 10.8. The first-order chi connectivity index (χ1) is 6.42. The third-order valence-corrected chi connectivity index (χ3v) is 4.50. The van der Waals surface area contributed by atoms with Crippen molar-refractivity contribution in [1.82, 2.24) is 4.31 Å². The van der Waals surface area contributed by atoms with Crippen molar-refractivity contribution in [2.24, 2.45) is 5.92 Å². The molecule has 4 nitrogen and oxygen atoms in total. The summed E-state index contributed by atoms with van der Waals surface area (Å²) in [7, 11) is -3.14. The van der Waals surface area contributed by atoms with Crippen LogP contribution < -0.4 is 0 Å². The Labute approximate surface area is 86.0 Å². The average molecular weight is 221 g/mol. The molecule has 1 unspecified atom stereocenters. The Morgan fingerprint density at radius 2 is 2.14 bits per heavy atom. The summed E-state index contributed by atoms with van der Waals surface area (Å²) in [6.07, 6.45) is 0.998. The van der Waals surface area contributed by atoms with Gasteiger partial charge in [-0.15, -0.1) is 0 Å². The second-order valence-corrected chi connectivity index (χ2v) is 6.34. The molecule has 1 saturated heterocycles. The van der Waals surface area contributed by atoms with Gasteiger partial charge < -0.3 is 5.11 Å². The molecule has 84 valence electrons. The van der Waals surface area contributed by atoms with Gasteiger partial charge in [0.15, 0.2) is 0 Å². The van der Waals surface area contributed by atoms with Crippen LogP contribution in [0.5, 0.6) is 0 Å². The summed E-state index contributed by atoms with van der Waals surface area (Å²) >= 11 is 0. The maximum Gasteiger partial charge on any atom is 0.214 e. The fraction of sp³-hybridized carbons (Fsp3) is 1.00. The molecule has 0 saturated carbocycles. The zero-order valence-corrected chi connectivity index (χ0v) is 9.63. The van der Waals surface area contributed by atoms with E-state index in [2.05, 4.69) is 0 Å². The highest BCUT2D eigenvalue weighted by Crippen LogP contribution is 2.15. The summed E-state index contributed by atoms with van der Waals surface area (Å²) < 4.78 is 24.9. The number of sulfonamides is 1. The molecule has 0 spiro atoms. The second-order valence-electron chi connectivity index (χ2n) is 4.33. The number of nitrogens with zero attached hydrogens (tertiary/aromatic N) is 1. The highest BCUT2D eigenvalue weighted by molar-refractivity contribution is 7.89. The molecule has 1 heterocycles. The third kappa shape index (κ3) is 3.22. The topological polar surface area (TPSA) is 57.6 Å². The molecule has 0 amide bonds. The SMILES string of the molecule is CC(C)CS(=O)(=O)N1CCCC(O)C1. The molecule has 1 rings (SSSR count). The van der Waals surface area contributed by atoms with Gasteiger partial charge in [0.1, 0.15) is 0 Å². The fourth-order valence-electron chi connectivity index (χ4n) is 1.70. The van der Waals surface area contributed by atoms with Crippen LogP contribution >= 0.6 is 0 Å². The Kier molecular flexibility index (Phi) is 3.92. The van der Waals surface area contributed by atoms with Crippen LogP contribution in [0.2, 0.25) is 0 Å². The lowest BCUT2D eigenvalue weighted by Gasteiger charge is -2.29.